The van der Waals surface area contributed by atoms with Crippen LogP contribution in [0.2, 0.25) is 0 Å². The molecule has 1 saturated carbocycles. The van der Waals surface area contributed by atoms with Crippen molar-refractivity contribution < 1.29 is 32.2 Å². The first-order chi connectivity index (χ1) is 17.3. The average Bonchev–Trinajstić information content (AvgIpc) is 3.34. The molecule has 0 unspecified atom stereocenters. The van der Waals surface area contributed by atoms with Crippen molar-refractivity contribution in [2.24, 2.45) is 0 Å². The minimum Gasteiger partial charge on any atom is -0.487 e. The number of benzene rings is 2. The molecule has 2 amide bonds. The molecular weight excluding hydrogens is 475 g/mol. The zero-order chi connectivity index (χ0) is 25.0. The maximum Gasteiger partial charge on any atom is 0.416 e. The number of fused-ring (bicyclic) bond motifs is 4. The third-order valence-electron chi connectivity index (χ3n) is 6.60. The maximum absolute atomic E-state index is 12.9. The largest absolute Gasteiger partial charge is 0.487 e. The van der Waals surface area contributed by atoms with E-state index < -0.39 is 11.7 Å². The van der Waals surface area contributed by atoms with E-state index in [2.05, 4.69) is 15.6 Å². The van der Waals surface area contributed by atoms with E-state index in [1.165, 1.54) is 12.1 Å². The molecule has 0 bridgehead atoms. The Balaban J connectivity index is 1.13. The van der Waals surface area contributed by atoms with Crippen LogP contribution >= 0.6 is 0 Å². The highest BCUT2D eigenvalue weighted by Crippen LogP contribution is 2.54. The zero-order valence-electron chi connectivity index (χ0n) is 18.8. The number of nitrogens with zero attached hydrogens (tertiary/aromatic N) is 1. The van der Waals surface area contributed by atoms with Gasteiger partial charge in [0.15, 0.2) is 0 Å². The van der Waals surface area contributed by atoms with Crippen LogP contribution in [0.4, 0.5) is 19.0 Å². The number of amides is 2. The Morgan fingerprint density at radius 3 is 2.86 bits per heavy atom. The van der Waals surface area contributed by atoms with E-state index in [0.717, 1.165) is 23.3 Å². The second-order valence-corrected chi connectivity index (χ2v) is 9.06. The summed E-state index contributed by atoms with van der Waals surface area (Å²) in [5.74, 6) is 1.91. The Labute approximate surface area is 203 Å². The molecule has 0 spiro atoms. The number of carbonyl (C=O) groups excluding carboxylic acids is 2. The molecular formula is C26H20F3N3O4. The van der Waals surface area contributed by atoms with Gasteiger partial charge in [0.25, 0.3) is 0 Å². The van der Waals surface area contributed by atoms with Crippen molar-refractivity contribution in [1.29, 1.82) is 0 Å². The fourth-order valence-electron chi connectivity index (χ4n) is 4.84. The van der Waals surface area contributed by atoms with Gasteiger partial charge >= 0.3 is 6.18 Å². The summed E-state index contributed by atoms with van der Waals surface area (Å²) in [6.45, 7) is 0. The van der Waals surface area contributed by atoms with Crippen LogP contribution in [0.1, 0.15) is 34.6 Å². The van der Waals surface area contributed by atoms with Gasteiger partial charge in [-0.25, -0.2) is 4.98 Å². The number of halogens is 3. The second kappa shape index (κ2) is 8.25. The van der Waals surface area contributed by atoms with E-state index in [0.29, 0.717) is 41.5 Å². The molecule has 3 heterocycles. The van der Waals surface area contributed by atoms with Crippen LogP contribution in [-0.2, 0) is 28.6 Å². The van der Waals surface area contributed by atoms with Gasteiger partial charge in [-0.1, -0.05) is 18.2 Å². The first-order valence-electron chi connectivity index (χ1n) is 11.5. The smallest absolute Gasteiger partial charge is 0.416 e. The molecule has 1 aromatic heterocycles. The normalized spacial score (nSPS) is 21.4. The average molecular weight is 495 g/mol. The third kappa shape index (κ3) is 4.12. The van der Waals surface area contributed by atoms with Crippen LogP contribution < -0.4 is 20.1 Å². The number of alkyl halides is 3. The highest BCUT2D eigenvalue weighted by molar-refractivity contribution is 5.93. The minimum absolute atomic E-state index is 0.0559. The van der Waals surface area contributed by atoms with Gasteiger partial charge in [0, 0.05) is 23.7 Å². The molecule has 184 valence electrons. The van der Waals surface area contributed by atoms with Gasteiger partial charge in [-0.15, -0.1) is 0 Å². The van der Waals surface area contributed by atoms with Crippen molar-refractivity contribution in [3.05, 3.63) is 77.0 Å². The summed E-state index contributed by atoms with van der Waals surface area (Å²) in [5, 5.41) is 5.63. The summed E-state index contributed by atoms with van der Waals surface area (Å²) in [6.07, 6.45) is -2.37. The number of aromatic nitrogens is 1. The second-order valence-electron chi connectivity index (χ2n) is 9.06. The number of pyridine rings is 1. The third-order valence-corrected chi connectivity index (χ3v) is 6.60. The van der Waals surface area contributed by atoms with E-state index in [1.54, 1.807) is 18.3 Å². The minimum atomic E-state index is -4.46. The summed E-state index contributed by atoms with van der Waals surface area (Å²) in [5.41, 5.74) is 1.25. The van der Waals surface area contributed by atoms with Crippen LogP contribution in [0.15, 0.2) is 54.7 Å². The fraction of sp³-hybridized carbons (Fsp3) is 0.269. The summed E-state index contributed by atoms with van der Waals surface area (Å²) >= 11 is 0. The van der Waals surface area contributed by atoms with E-state index >= 15 is 0 Å². The van der Waals surface area contributed by atoms with Gasteiger partial charge in [0.1, 0.15) is 29.2 Å². The van der Waals surface area contributed by atoms with Crippen LogP contribution in [0.25, 0.3) is 0 Å². The van der Waals surface area contributed by atoms with Gasteiger partial charge in [-0.3, -0.25) is 9.59 Å². The van der Waals surface area contributed by atoms with E-state index in [-0.39, 0.29) is 36.3 Å². The molecule has 3 atom stereocenters. The van der Waals surface area contributed by atoms with Gasteiger partial charge < -0.3 is 20.1 Å². The van der Waals surface area contributed by atoms with Crippen LogP contribution in [0.5, 0.6) is 17.2 Å². The molecule has 3 aliphatic rings. The summed E-state index contributed by atoms with van der Waals surface area (Å²) < 4.78 is 50.9. The quantitative estimate of drug-likeness (QED) is 0.549. The number of nitrogens with one attached hydrogen (secondary N) is 2. The van der Waals surface area contributed by atoms with E-state index in [9.17, 15) is 22.8 Å². The number of hydrogen-bond donors (Lipinski definition) is 2. The van der Waals surface area contributed by atoms with Gasteiger partial charge in [0.05, 0.1) is 23.9 Å². The van der Waals surface area contributed by atoms with Gasteiger partial charge in [-0.05, 0) is 42.3 Å². The molecule has 1 aliphatic carbocycles. The monoisotopic (exact) mass is 495 g/mol. The zero-order valence-corrected chi connectivity index (χ0v) is 18.8. The lowest BCUT2D eigenvalue weighted by molar-refractivity contribution is -0.137. The lowest BCUT2D eigenvalue weighted by atomic mass is 10.1. The highest BCUT2D eigenvalue weighted by Gasteiger charge is 2.59. The predicted molar refractivity (Wildman–Crippen MR) is 122 cm³/mol. The first-order valence-corrected chi connectivity index (χ1v) is 11.5. The Bertz CT molecular complexity index is 1390. The predicted octanol–water partition coefficient (Wildman–Crippen LogP) is 4.36. The van der Waals surface area contributed by atoms with Crippen molar-refractivity contribution in [2.45, 2.75) is 43.5 Å². The highest BCUT2D eigenvalue weighted by atomic mass is 19.4. The summed E-state index contributed by atoms with van der Waals surface area (Å²) in [6, 6.07) is 11.7. The molecule has 2 aliphatic heterocycles. The van der Waals surface area contributed by atoms with Gasteiger partial charge in [-0.2, -0.15) is 13.2 Å². The van der Waals surface area contributed by atoms with Crippen molar-refractivity contribution in [3.63, 3.8) is 0 Å². The van der Waals surface area contributed by atoms with Crippen molar-refractivity contribution in [2.75, 3.05) is 5.32 Å². The number of ether oxygens (including phenoxy) is 2. The van der Waals surface area contributed by atoms with Crippen molar-refractivity contribution in [3.8, 4) is 17.2 Å². The Morgan fingerprint density at radius 2 is 2.03 bits per heavy atom. The maximum atomic E-state index is 12.9. The molecule has 2 aromatic carbocycles. The number of hydrogen-bond acceptors (Lipinski definition) is 5. The Kier molecular flexibility index (Phi) is 5.13. The van der Waals surface area contributed by atoms with E-state index in [1.807, 2.05) is 12.1 Å². The molecule has 36 heavy (non-hydrogen) atoms. The standard InChI is InChI=1S/C26H20F3N3O4/c27-26(28,29)14-3-1-2-13(10-14)11-21(34)31-23-22-17-12-15(4-6-18(17)36-24(22)23)35-19-8-9-30-25-16(19)5-7-20(33)32-25/h1-4,6,8-10,12,22-24H,5,7,11H2,(H,31,34)(H,30,32,33)/t22-,23-,24-/m0/s1. The summed E-state index contributed by atoms with van der Waals surface area (Å²) in [4.78, 5) is 28.4. The lowest BCUT2D eigenvalue weighted by Gasteiger charge is -2.19. The molecule has 0 saturated heterocycles. The van der Waals surface area contributed by atoms with Crippen molar-refractivity contribution in [1.82, 2.24) is 10.3 Å². The van der Waals surface area contributed by atoms with E-state index in [4.69, 9.17) is 9.47 Å². The van der Waals surface area contributed by atoms with Crippen LogP contribution in [-0.4, -0.2) is 28.9 Å². The Morgan fingerprint density at radius 1 is 1.17 bits per heavy atom. The lowest BCUT2D eigenvalue weighted by Crippen LogP contribution is -2.31. The molecule has 2 N–H and O–H groups in total. The molecule has 0 radical (unpaired) electrons. The van der Waals surface area contributed by atoms with Crippen LogP contribution in [0, 0.1) is 0 Å². The Hall–Kier alpha value is -4.08. The first kappa shape index (κ1) is 22.4. The number of carbonyl (C=O) groups is 2. The molecule has 7 nitrogen and oxygen atoms in total. The SMILES string of the molecule is O=C1CCc2c(Oc3ccc4c(c3)[C@H]3[C@H](NC(=O)Cc5cccc(C(F)(F)F)c5)[C@H]3O4)ccnc2N1. The van der Waals surface area contributed by atoms with Gasteiger partial charge in [0.2, 0.25) is 11.8 Å². The summed E-state index contributed by atoms with van der Waals surface area (Å²) in [7, 11) is 0. The molecule has 10 heteroatoms. The number of rotatable bonds is 5. The topological polar surface area (TPSA) is 89.5 Å². The molecule has 6 rings (SSSR count). The van der Waals surface area contributed by atoms with Crippen LogP contribution in [0.3, 0.4) is 0 Å². The molecule has 1 fully saturated rings. The molecule has 3 aromatic rings. The fourth-order valence-corrected chi connectivity index (χ4v) is 4.84. The van der Waals surface area contributed by atoms with Crippen molar-refractivity contribution >= 4 is 17.6 Å². The number of anilines is 1.